The van der Waals surface area contributed by atoms with Crippen LogP contribution in [0.5, 0.6) is 0 Å². The number of rotatable bonds is 4. The average Bonchev–Trinajstić information content (AvgIpc) is 2.96. The number of nitrogen functional groups attached to an aromatic ring is 2. The van der Waals surface area contributed by atoms with Crippen molar-refractivity contribution in [3.63, 3.8) is 0 Å². The quantitative estimate of drug-likeness (QED) is 0.317. The van der Waals surface area contributed by atoms with Crippen molar-refractivity contribution in [3.8, 4) is 0 Å². The Labute approximate surface area is 134 Å². The van der Waals surface area contributed by atoms with Gasteiger partial charge in [-0.1, -0.05) is 0 Å². The molecule has 3 heterocycles. The molecule has 24 heavy (non-hydrogen) atoms. The Morgan fingerprint density at radius 1 is 1.29 bits per heavy atom. The van der Waals surface area contributed by atoms with Gasteiger partial charge in [0.1, 0.15) is 24.6 Å². The predicted molar refractivity (Wildman–Crippen MR) is 78.1 cm³/mol. The first-order chi connectivity index (χ1) is 11.2. The number of anilines is 2. The highest BCUT2D eigenvalue weighted by atomic mass is 31.2. The third-order valence-electron chi connectivity index (χ3n) is 3.53. The van der Waals surface area contributed by atoms with Crippen molar-refractivity contribution < 1.29 is 33.8 Å². The van der Waals surface area contributed by atoms with Crippen LogP contribution in [0.15, 0.2) is 6.33 Å². The summed E-state index contributed by atoms with van der Waals surface area (Å²) in [5.41, 5.74) is 11.8. The Balaban J connectivity index is 1.92. The lowest BCUT2D eigenvalue weighted by Gasteiger charge is -2.17. The molecule has 132 valence electrons. The number of fused-ring (bicyclic) bond motifs is 1. The fourth-order valence-electron chi connectivity index (χ4n) is 2.44. The molecular formula is C10H15N6O7P. The number of aliphatic hydroxyl groups excluding tert-OH is 2. The van der Waals surface area contributed by atoms with Gasteiger partial charge in [-0.25, -0.2) is 19.5 Å². The van der Waals surface area contributed by atoms with Gasteiger partial charge in [0.2, 0.25) is 5.95 Å². The number of aliphatic hydroxyl groups is 2. The summed E-state index contributed by atoms with van der Waals surface area (Å²) in [5, 5.41) is 20.2. The van der Waals surface area contributed by atoms with Crippen LogP contribution in [0, 0.1) is 0 Å². The van der Waals surface area contributed by atoms with Crippen molar-refractivity contribution >= 4 is 30.8 Å². The van der Waals surface area contributed by atoms with Gasteiger partial charge in [0.25, 0.3) is 0 Å². The molecule has 0 radical (unpaired) electrons. The number of hydrogen-bond donors (Lipinski definition) is 6. The van der Waals surface area contributed by atoms with E-state index in [1.165, 1.54) is 10.9 Å². The van der Waals surface area contributed by atoms with Crippen LogP contribution in [0.2, 0.25) is 0 Å². The van der Waals surface area contributed by atoms with Gasteiger partial charge in [-0.2, -0.15) is 0 Å². The number of phosphoric ester groups is 1. The predicted octanol–water partition coefficient (Wildman–Crippen LogP) is -2.28. The van der Waals surface area contributed by atoms with Crippen molar-refractivity contribution in [2.75, 3.05) is 18.1 Å². The monoisotopic (exact) mass is 362 g/mol. The third kappa shape index (κ3) is 2.93. The molecule has 4 atom stereocenters. The number of aromatic nitrogens is 4. The lowest BCUT2D eigenvalue weighted by Crippen LogP contribution is -2.33. The molecule has 1 saturated heterocycles. The maximum atomic E-state index is 10.8. The molecule has 14 heteroatoms. The van der Waals surface area contributed by atoms with Crippen molar-refractivity contribution in [1.29, 1.82) is 0 Å². The van der Waals surface area contributed by atoms with Crippen LogP contribution in [-0.4, -0.2) is 64.4 Å². The van der Waals surface area contributed by atoms with E-state index in [1.54, 1.807) is 0 Å². The molecule has 13 nitrogen and oxygen atoms in total. The van der Waals surface area contributed by atoms with E-state index in [4.69, 9.17) is 26.0 Å². The summed E-state index contributed by atoms with van der Waals surface area (Å²) in [4.78, 5) is 29.2. The molecule has 0 bridgehead atoms. The Hall–Kier alpha value is -1.86. The van der Waals surface area contributed by atoms with Gasteiger partial charge < -0.3 is 36.2 Å². The first-order valence-corrected chi connectivity index (χ1v) is 8.17. The molecule has 0 unspecified atom stereocenters. The van der Waals surface area contributed by atoms with E-state index >= 15 is 0 Å². The van der Waals surface area contributed by atoms with E-state index in [0.29, 0.717) is 0 Å². The first kappa shape index (κ1) is 17.0. The molecule has 1 aliphatic heterocycles. The number of imidazole rings is 1. The number of nitrogens with zero attached hydrogens (tertiary/aromatic N) is 4. The minimum atomic E-state index is -4.75. The Morgan fingerprint density at radius 2 is 2.00 bits per heavy atom. The molecule has 2 aromatic heterocycles. The zero-order chi connectivity index (χ0) is 17.6. The molecule has 2 aromatic rings. The number of hydrogen-bond acceptors (Lipinski definition) is 10. The van der Waals surface area contributed by atoms with Crippen LogP contribution < -0.4 is 11.5 Å². The molecule has 0 aromatic carbocycles. The second-order valence-electron chi connectivity index (χ2n) is 5.10. The maximum absolute atomic E-state index is 10.8. The summed E-state index contributed by atoms with van der Waals surface area (Å²) in [5.74, 6) is -0.0233. The normalized spacial score (nSPS) is 27.8. The second-order valence-corrected chi connectivity index (χ2v) is 6.34. The summed E-state index contributed by atoms with van der Waals surface area (Å²) >= 11 is 0. The van der Waals surface area contributed by atoms with Crippen molar-refractivity contribution in [2.45, 2.75) is 24.5 Å². The van der Waals surface area contributed by atoms with Gasteiger partial charge in [-0.3, -0.25) is 9.09 Å². The number of nitrogens with two attached hydrogens (primary N) is 2. The molecule has 1 aliphatic rings. The molecule has 3 rings (SSSR count). The van der Waals surface area contributed by atoms with E-state index < -0.39 is 39.0 Å². The van der Waals surface area contributed by atoms with Crippen LogP contribution in [0.3, 0.4) is 0 Å². The summed E-state index contributed by atoms with van der Waals surface area (Å²) in [6.45, 7) is -0.636. The fraction of sp³-hybridized carbons (Fsp3) is 0.500. The van der Waals surface area contributed by atoms with E-state index in [9.17, 15) is 14.8 Å². The highest BCUT2D eigenvalue weighted by Gasteiger charge is 2.45. The first-order valence-electron chi connectivity index (χ1n) is 6.64. The minimum Gasteiger partial charge on any atom is -0.387 e. The molecule has 1 fully saturated rings. The van der Waals surface area contributed by atoms with Gasteiger partial charge in [0.15, 0.2) is 23.2 Å². The van der Waals surface area contributed by atoms with Crippen molar-refractivity contribution in [2.24, 2.45) is 0 Å². The Morgan fingerprint density at radius 3 is 2.67 bits per heavy atom. The summed E-state index contributed by atoms with van der Waals surface area (Å²) in [6, 6.07) is 0. The molecule has 0 saturated carbocycles. The van der Waals surface area contributed by atoms with Crippen LogP contribution in [-0.2, 0) is 13.8 Å². The molecule has 8 N–H and O–H groups in total. The van der Waals surface area contributed by atoms with Gasteiger partial charge in [0, 0.05) is 0 Å². The zero-order valence-corrected chi connectivity index (χ0v) is 12.9. The topological polar surface area (TPSA) is 212 Å². The second kappa shape index (κ2) is 5.89. The van der Waals surface area contributed by atoms with Crippen LogP contribution in [0.4, 0.5) is 11.8 Å². The summed E-state index contributed by atoms with van der Waals surface area (Å²) < 4.78 is 21.7. The average molecular weight is 362 g/mol. The van der Waals surface area contributed by atoms with E-state index in [2.05, 4.69) is 19.5 Å². The van der Waals surface area contributed by atoms with E-state index in [1.807, 2.05) is 0 Å². The largest absolute Gasteiger partial charge is 0.469 e. The molecular weight excluding hydrogens is 347 g/mol. The number of phosphoric acid groups is 1. The third-order valence-corrected chi connectivity index (χ3v) is 4.02. The summed E-state index contributed by atoms with van der Waals surface area (Å²) in [7, 11) is -4.75. The van der Waals surface area contributed by atoms with E-state index in [-0.39, 0.29) is 22.9 Å². The van der Waals surface area contributed by atoms with E-state index in [0.717, 1.165) is 0 Å². The molecule has 0 aliphatic carbocycles. The van der Waals surface area contributed by atoms with Gasteiger partial charge >= 0.3 is 7.82 Å². The summed E-state index contributed by atoms with van der Waals surface area (Å²) in [6.07, 6.45) is -4.18. The highest BCUT2D eigenvalue weighted by molar-refractivity contribution is 7.46. The Bertz CT molecular complexity index is 808. The van der Waals surface area contributed by atoms with Crippen molar-refractivity contribution in [1.82, 2.24) is 19.5 Å². The van der Waals surface area contributed by atoms with Gasteiger partial charge in [-0.15, -0.1) is 0 Å². The lowest BCUT2D eigenvalue weighted by atomic mass is 10.1. The van der Waals surface area contributed by atoms with Crippen LogP contribution in [0.25, 0.3) is 11.2 Å². The SMILES string of the molecule is Nc1ncnc2c1nc(N)n2[C@@H]1O[C@H](COP(=O)(O)O)[C@@H](O)[C@H]1O. The Kier molecular flexibility index (Phi) is 4.17. The van der Waals surface area contributed by atoms with Crippen molar-refractivity contribution in [3.05, 3.63) is 6.33 Å². The van der Waals surface area contributed by atoms with Gasteiger partial charge in [-0.05, 0) is 0 Å². The van der Waals surface area contributed by atoms with Crippen LogP contribution >= 0.6 is 7.82 Å². The highest BCUT2D eigenvalue weighted by Crippen LogP contribution is 2.39. The number of ether oxygens (including phenoxy) is 1. The van der Waals surface area contributed by atoms with Crippen LogP contribution in [0.1, 0.15) is 6.23 Å². The standard InChI is InChI=1S/C10H15N6O7P/c11-7-4-8(14-2-13-7)16(10(12)15-4)9-6(18)5(17)3(23-9)1-22-24(19,20)21/h2-3,5-6,9,17-18H,1H2,(H2,12,15)(H2,11,13,14)(H2,19,20,21)/t3-,5-,6-,9-/m1/s1. The lowest BCUT2D eigenvalue weighted by molar-refractivity contribution is -0.0493. The maximum Gasteiger partial charge on any atom is 0.469 e. The molecule has 0 spiro atoms. The minimum absolute atomic E-state index is 0.0693. The fourth-order valence-corrected chi connectivity index (χ4v) is 2.79. The smallest absolute Gasteiger partial charge is 0.387 e. The molecule has 0 amide bonds. The van der Waals surface area contributed by atoms with Gasteiger partial charge in [0.05, 0.1) is 6.61 Å². The zero-order valence-electron chi connectivity index (χ0n) is 12.0.